The van der Waals surface area contributed by atoms with Crippen molar-refractivity contribution >= 4 is 5.91 Å². The third-order valence-corrected chi connectivity index (χ3v) is 3.56. The first-order valence-corrected chi connectivity index (χ1v) is 6.15. The van der Waals surface area contributed by atoms with Gasteiger partial charge in [0.2, 0.25) is 5.91 Å². The van der Waals surface area contributed by atoms with Crippen LogP contribution in [0.4, 0.5) is 0 Å². The van der Waals surface area contributed by atoms with Gasteiger partial charge in [-0.3, -0.25) is 9.48 Å². The van der Waals surface area contributed by atoms with Crippen LogP contribution in [0.2, 0.25) is 0 Å². The first-order valence-electron chi connectivity index (χ1n) is 6.15. The average Bonchev–Trinajstić information content (AvgIpc) is 2.75. The highest BCUT2D eigenvalue weighted by atomic mass is 16.2. The second-order valence-electron chi connectivity index (χ2n) is 4.68. The van der Waals surface area contributed by atoms with E-state index in [2.05, 4.69) is 11.2 Å². The van der Waals surface area contributed by atoms with Crippen molar-refractivity contribution in [2.45, 2.75) is 19.3 Å². The van der Waals surface area contributed by atoms with Crippen molar-refractivity contribution < 1.29 is 4.79 Å². The molecule has 1 aromatic heterocycles. The van der Waals surface area contributed by atoms with Crippen LogP contribution in [0, 0.1) is 5.92 Å². The fourth-order valence-electron chi connectivity index (χ4n) is 2.41. The number of nitrogens with two attached hydrogens (primary N) is 1. The van der Waals surface area contributed by atoms with Crippen molar-refractivity contribution in [2.75, 3.05) is 19.6 Å². The van der Waals surface area contributed by atoms with E-state index >= 15 is 0 Å². The predicted octanol–water partition coefficient (Wildman–Crippen LogP) is 0.160. The van der Waals surface area contributed by atoms with Gasteiger partial charge in [0.15, 0.2) is 0 Å². The molecule has 1 aliphatic rings. The van der Waals surface area contributed by atoms with Gasteiger partial charge in [-0.2, -0.15) is 5.10 Å². The largest absolute Gasteiger partial charge is 0.342 e. The third kappa shape index (κ3) is 2.85. The van der Waals surface area contributed by atoms with Crippen molar-refractivity contribution in [2.24, 2.45) is 18.7 Å². The number of amides is 1. The molecule has 0 unspecified atom stereocenters. The fourth-order valence-corrected chi connectivity index (χ4v) is 2.41. The van der Waals surface area contributed by atoms with Crippen molar-refractivity contribution in [1.82, 2.24) is 14.7 Å². The Hall–Kier alpha value is -1.36. The summed E-state index contributed by atoms with van der Waals surface area (Å²) in [7, 11) is 1.97. The van der Waals surface area contributed by atoms with Crippen molar-refractivity contribution in [3.05, 3.63) is 18.0 Å². The van der Waals surface area contributed by atoms with Crippen LogP contribution in [0.3, 0.4) is 0 Å². The maximum atomic E-state index is 11.4. The van der Waals surface area contributed by atoms with Crippen LogP contribution in [0.25, 0.3) is 0 Å². The lowest BCUT2D eigenvalue weighted by Gasteiger charge is -2.31. The predicted molar refractivity (Wildman–Crippen MR) is 65.3 cm³/mol. The van der Waals surface area contributed by atoms with E-state index in [9.17, 15) is 4.79 Å². The molecule has 0 bridgehead atoms. The maximum absolute atomic E-state index is 11.4. The average molecular weight is 236 g/mol. The van der Waals surface area contributed by atoms with Gasteiger partial charge in [0.1, 0.15) is 0 Å². The number of carbonyl (C=O) groups excluding carboxylic acids is 1. The minimum Gasteiger partial charge on any atom is -0.342 e. The molecular formula is C12H20N4O. The zero-order valence-electron chi connectivity index (χ0n) is 10.3. The van der Waals surface area contributed by atoms with E-state index < -0.39 is 0 Å². The lowest BCUT2D eigenvalue weighted by molar-refractivity contribution is -0.131. The molecule has 1 saturated heterocycles. The molecular weight excluding hydrogens is 216 g/mol. The quantitative estimate of drug-likeness (QED) is 0.813. The summed E-state index contributed by atoms with van der Waals surface area (Å²) >= 11 is 0. The molecule has 0 aliphatic carbocycles. The van der Waals surface area contributed by atoms with Crippen LogP contribution in [0.5, 0.6) is 0 Å². The zero-order chi connectivity index (χ0) is 12.3. The van der Waals surface area contributed by atoms with Crippen molar-refractivity contribution in [3.8, 4) is 0 Å². The molecule has 94 valence electrons. The van der Waals surface area contributed by atoms with Crippen molar-refractivity contribution in [3.63, 3.8) is 0 Å². The molecule has 0 radical (unpaired) electrons. The number of hydrogen-bond donors (Lipinski definition) is 1. The molecule has 0 spiro atoms. The van der Waals surface area contributed by atoms with Gasteiger partial charge in [-0.1, -0.05) is 0 Å². The number of aryl methyl sites for hydroxylation is 1. The Kier molecular flexibility index (Phi) is 3.78. The number of nitrogens with zero attached hydrogens (tertiary/aromatic N) is 3. The second kappa shape index (κ2) is 5.31. The monoisotopic (exact) mass is 236 g/mol. The van der Waals surface area contributed by atoms with E-state index in [1.807, 2.05) is 22.8 Å². The summed E-state index contributed by atoms with van der Waals surface area (Å²) in [6, 6.07) is 2.07. The van der Waals surface area contributed by atoms with Gasteiger partial charge in [0, 0.05) is 32.0 Å². The summed E-state index contributed by atoms with van der Waals surface area (Å²) in [6.45, 7) is 1.82. The lowest BCUT2D eigenvalue weighted by Crippen LogP contribution is -2.42. The summed E-state index contributed by atoms with van der Waals surface area (Å²) in [5.74, 6) is 0.733. The zero-order valence-corrected chi connectivity index (χ0v) is 10.3. The standard InChI is InChI=1S/C12H20N4O/c1-15-11(2-5-14-15)8-10-3-6-16(7-4-10)12(17)9-13/h2,5,10H,3-4,6-9,13H2,1H3. The molecule has 5 nitrogen and oxygen atoms in total. The number of rotatable bonds is 3. The Morgan fingerprint density at radius 3 is 2.76 bits per heavy atom. The molecule has 0 atom stereocenters. The Morgan fingerprint density at radius 2 is 2.24 bits per heavy atom. The maximum Gasteiger partial charge on any atom is 0.236 e. The van der Waals surface area contributed by atoms with Gasteiger partial charge in [0.25, 0.3) is 0 Å². The van der Waals surface area contributed by atoms with E-state index in [0.717, 1.165) is 32.4 Å². The number of piperidine rings is 1. The van der Waals surface area contributed by atoms with Crippen molar-refractivity contribution in [1.29, 1.82) is 0 Å². The number of carbonyl (C=O) groups is 1. The van der Waals surface area contributed by atoms with Crippen LogP contribution < -0.4 is 5.73 Å². The summed E-state index contributed by atoms with van der Waals surface area (Å²) in [5, 5.41) is 4.17. The first kappa shape index (κ1) is 12.1. The summed E-state index contributed by atoms with van der Waals surface area (Å²) < 4.78 is 1.93. The molecule has 1 amide bonds. The smallest absolute Gasteiger partial charge is 0.236 e. The molecule has 5 heteroatoms. The molecule has 17 heavy (non-hydrogen) atoms. The summed E-state index contributed by atoms with van der Waals surface area (Å²) in [6.07, 6.45) is 5.03. The Labute approximate surface area is 102 Å². The third-order valence-electron chi connectivity index (χ3n) is 3.56. The van der Waals surface area contributed by atoms with Crippen LogP contribution in [-0.2, 0) is 18.3 Å². The van der Waals surface area contributed by atoms with Gasteiger partial charge in [-0.05, 0) is 31.2 Å². The highest BCUT2D eigenvalue weighted by molar-refractivity contribution is 5.78. The number of aromatic nitrogens is 2. The van der Waals surface area contributed by atoms with Gasteiger partial charge in [0.05, 0.1) is 6.54 Å². The molecule has 0 saturated carbocycles. The second-order valence-corrected chi connectivity index (χ2v) is 4.68. The van der Waals surface area contributed by atoms with Crippen LogP contribution in [0.15, 0.2) is 12.3 Å². The van der Waals surface area contributed by atoms with Gasteiger partial charge in [-0.25, -0.2) is 0 Å². The summed E-state index contributed by atoms with van der Waals surface area (Å²) in [4.78, 5) is 13.3. The normalized spacial score (nSPS) is 17.4. The van der Waals surface area contributed by atoms with E-state index in [-0.39, 0.29) is 12.5 Å². The molecule has 1 aromatic rings. The van der Waals surface area contributed by atoms with Crippen LogP contribution in [0.1, 0.15) is 18.5 Å². The summed E-state index contributed by atoms with van der Waals surface area (Å²) in [5.41, 5.74) is 6.64. The molecule has 0 aromatic carbocycles. The molecule has 2 rings (SSSR count). The SMILES string of the molecule is Cn1nccc1CC1CCN(C(=O)CN)CC1. The highest BCUT2D eigenvalue weighted by Crippen LogP contribution is 2.21. The van der Waals surface area contributed by atoms with Crippen LogP contribution in [-0.4, -0.2) is 40.2 Å². The van der Waals surface area contributed by atoms with Crippen LogP contribution >= 0.6 is 0 Å². The van der Waals surface area contributed by atoms with Gasteiger partial charge >= 0.3 is 0 Å². The highest BCUT2D eigenvalue weighted by Gasteiger charge is 2.22. The molecule has 2 N–H and O–H groups in total. The van der Waals surface area contributed by atoms with E-state index in [1.54, 1.807) is 0 Å². The topological polar surface area (TPSA) is 64.2 Å². The van der Waals surface area contributed by atoms with Gasteiger partial charge in [-0.15, -0.1) is 0 Å². The lowest BCUT2D eigenvalue weighted by atomic mass is 9.92. The fraction of sp³-hybridized carbons (Fsp3) is 0.667. The molecule has 2 heterocycles. The number of likely N-dealkylation sites (tertiary alicyclic amines) is 1. The number of hydrogen-bond acceptors (Lipinski definition) is 3. The Bertz CT molecular complexity index is 380. The van der Waals surface area contributed by atoms with Gasteiger partial charge < -0.3 is 10.6 Å². The minimum atomic E-state index is 0.0731. The Morgan fingerprint density at radius 1 is 1.53 bits per heavy atom. The van der Waals surface area contributed by atoms with E-state index in [1.165, 1.54) is 5.69 Å². The first-order chi connectivity index (χ1) is 8.20. The minimum absolute atomic E-state index is 0.0731. The molecule has 1 aliphatic heterocycles. The van der Waals surface area contributed by atoms with E-state index in [0.29, 0.717) is 5.92 Å². The van der Waals surface area contributed by atoms with E-state index in [4.69, 9.17) is 5.73 Å². The Balaban J connectivity index is 1.83. The molecule has 1 fully saturated rings.